The summed E-state index contributed by atoms with van der Waals surface area (Å²) >= 11 is 0. The predicted molar refractivity (Wildman–Crippen MR) is 73.2 cm³/mol. The van der Waals surface area contributed by atoms with E-state index in [0.29, 0.717) is 5.69 Å². The molecule has 2 rings (SSSR count). The van der Waals surface area contributed by atoms with Gasteiger partial charge in [-0.15, -0.1) is 0 Å². The zero-order chi connectivity index (χ0) is 13.8. The molecule has 19 heavy (non-hydrogen) atoms. The largest absolute Gasteiger partial charge is 0.386 e. The number of nitrogens with zero attached hydrogens (tertiary/aromatic N) is 2. The topological polar surface area (TPSA) is 36.4 Å². The highest BCUT2D eigenvalue weighted by Gasteiger charge is 2.23. The summed E-state index contributed by atoms with van der Waals surface area (Å²) in [5.41, 5.74) is 0.555. The molecule has 0 radical (unpaired) electrons. The summed E-state index contributed by atoms with van der Waals surface area (Å²) < 4.78 is 12.8. The molecule has 0 amide bonds. The first-order valence-electron chi connectivity index (χ1n) is 7.08. The van der Waals surface area contributed by atoms with Crippen LogP contribution in [0.2, 0.25) is 0 Å². The average Bonchev–Trinajstić information content (AvgIpc) is 2.39. The first kappa shape index (κ1) is 14.4. The van der Waals surface area contributed by atoms with E-state index < -0.39 is 6.10 Å². The van der Waals surface area contributed by atoms with Crippen molar-refractivity contribution in [1.82, 2.24) is 9.88 Å². The van der Waals surface area contributed by atoms with E-state index in [0.717, 1.165) is 31.7 Å². The van der Waals surface area contributed by atoms with Crippen LogP contribution < -0.4 is 0 Å². The summed E-state index contributed by atoms with van der Waals surface area (Å²) in [7, 11) is 0. The molecule has 0 aromatic carbocycles. The van der Waals surface area contributed by atoms with Crippen LogP contribution in [0, 0.1) is 17.7 Å². The highest BCUT2D eigenvalue weighted by Crippen LogP contribution is 2.23. The molecule has 1 fully saturated rings. The van der Waals surface area contributed by atoms with Gasteiger partial charge in [0, 0.05) is 19.0 Å². The number of pyridine rings is 1. The van der Waals surface area contributed by atoms with E-state index in [1.165, 1.54) is 18.9 Å². The summed E-state index contributed by atoms with van der Waals surface area (Å²) in [4.78, 5) is 6.37. The van der Waals surface area contributed by atoms with Crippen molar-refractivity contribution in [1.29, 1.82) is 0 Å². The van der Waals surface area contributed by atoms with E-state index >= 15 is 0 Å². The maximum Gasteiger partial charge on any atom is 0.141 e. The Hall–Kier alpha value is -1.00. The quantitative estimate of drug-likeness (QED) is 0.910. The van der Waals surface area contributed by atoms with Crippen molar-refractivity contribution in [3.63, 3.8) is 0 Å². The highest BCUT2D eigenvalue weighted by atomic mass is 19.1. The molecule has 1 aliphatic rings. The SMILES string of the molecule is CC1CCCN(CC(C)C(O)c2ccc(F)cn2)C1. The van der Waals surface area contributed by atoms with Crippen LogP contribution in [0.3, 0.4) is 0 Å². The standard InChI is InChI=1S/C15H23FN2O/c1-11-4-3-7-18(9-11)10-12(2)15(19)14-6-5-13(16)8-17-14/h5-6,8,11-12,15,19H,3-4,7,9-10H2,1-2H3. The second-order valence-electron chi connectivity index (χ2n) is 5.83. The lowest BCUT2D eigenvalue weighted by atomic mass is 9.96. The molecule has 106 valence electrons. The molecule has 1 aromatic rings. The van der Waals surface area contributed by atoms with Crippen molar-refractivity contribution in [2.75, 3.05) is 19.6 Å². The van der Waals surface area contributed by atoms with Crippen LogP contribution in [0.1, 0.15) is 38.5 Å². The third-order valence-electron chi connectivity index (χ3n) is 3.88. The fraction of sp³-hybridized carbons (Fsp3) is 0.667. The molecule has 2 heterocycles. The Labute approximate surface area is 114 Å². The fourth-order valence-electron chi connectivity index (χ4n) is 2.81. The van der Waals surface area contributed by atoms with Crippen molar-refractivity contribution in [2.24, 2.45) is 11.8 Å². The van der Waals surface area contributed by atoms with Gasteiger partial charge in [0.2, 0.25) is 0 Å². The van der Waals surface area contributed by atoms with Crippen molar-refractivity contribution < 1.29 is 9.50 Å². The molecule has 0 saturated carbocycles. The molecular formula is C15H23FN2O. The summed E-state index contributed by atoms with van der Waals surface area (Å²) in [6.07, 6.45) is 3.07. The number of halogens is 1. The van der Waals surface area contributed by atoms with Crippen LogP contribution in [-0.4, -0.2) is 34.6 Å². The van der Waals surface area contributed by atoms with Gasteiger partial charge < -0.3 is 10.0 Å². The highest BCUT2D eigenvalue weighted by molar-refractivity contribution is 5.08. The lowest BCUT2D eigenvalue weighted by molar-refractivity contribution is 0.0711. The van der Waals surface area contributed by atoms with Crippen LogP contribution in [0.15, 0.2) is 18.3 Å². The molecule has 1 aliphatic heterocycles. The van der Waals surface area contributed by atoms with Gasteiger partial charge in [0.15, 0.2) is 0 Å². The molecular weight excluding hydrogens is 243 g/mol. The number of aromatic nitrogens is 1. The third-order valence-corrected chi connectivity index (χ3v) is 3.88. The van der Waals surface area contributed by atoms with Gasteiger partial charge in [-0.05, 0) is 37.4 Å². The first-order chi connectivity index (χ1) is 9.06. The monoisotopic (exact) mass is 266 g/mol. The van der Waals surface area contributed by atoms with E-state index in [4.69, 9.17) is 0 Å². The second-order valence-corrected chi connectivity index (χ2v) is 5.83. The number of aliphatic hydroxyl groups excluding tert-OH is 1. The minimum Gasteiger partial charge on any atom is -0.386 e. The summed E-state index contributed by atoms with van der Waals surface area (Å²) in [6.45, 7) is 7.38. The van der Waals surface area contributed by atoms with Gasteiger partial charge in [-0.25, -0.2) is 4.39 Å². The number of rotatable bonds is 4. The first-order valence-corrected chi connectivity index (χ1v) is 7.08. The zero-order valence-electron chi connectivity index (χ0n) is 11.7. The predicted octanol–water partition coefficient (Wildman–Crippen LogP) is 2.62. The van der Waals surface area contributed by atoms with Crippen LogP contribution in [0.25, 0.3) is 0 Å². The third kappa shape index (κ3) is 3.98. The van der Waals surface area contributed by atoms with Gasteiger partial charge in [-0.3, -0.25) is 4.98 Å². The maximum atomic E-state index is 12.8. The lowest BCUT2D eigenvalue weighted by Crippen LogP contribution is -2.38. The Bertz CT molecular complexity index is 396. The molecule has 0 aliphatic carbocycles. The normalized spacial score (nSPS) is 24.1. The minimum absolute atomic E-state index is 0.100. The molecule has 3 nitrogen and oxygen atoms in total. The van der Waals surface area contributed by atoms with Gasteiger partial charge in [0.05, 0.1) is 18.0 Å². The molecule has 3 unspecified atom stereocenters. The van der Waals surface area contributed by atoms with Gasteiger partial charge in [-0.1, -0.05) is 13.8 Å². The Morgan fingerprint density at radius 1 is 1.53 bits per heavy atom. The van der Waals surface area contributed by atoms with Crippen molar-refractivity contribution >= 4 is 0 Å². The van der Waals surface area contributed by atoms with Crippen molar-refractivity contribution in [2.45, 2.75) is 32.8 Å². The Morgan fingerprint density at radius 2 is 2.32 bits per heavy atom. The van der Waals surface area contributed by atoms with Gasteiger partial charge in [0.1, 0.15) is 5.82 Å². The molecule has 4 heteroatoms. The number of likely N-dealkylation sites (tertiary alicyclic amines) is 1. The van der Waals surface area contributed by atoms with E-state index in [2.05, 4.69) is 16.8 Å². The van der Waals surface area contributed by atoms with Gasteiger partial charge >= 0.3 is 0 Å². The summed E-state index contributed by atoms with van der Waals surface area (Å²) in [6, 6.07) is 2.91. The zero-order valence-corrected chi connectivity index (χ0v) is 11.7. The van der Waals surface area contributed by atoms with E-state index in [1.807, 2.05) is 6.92 Å². The van der Waals surface area contributed by atoms with Crippen molar-refractivity contribution in [3.8, 4) is 0 Å². The molecule has 1 saturated heterocycles. The molecule has 1 N–H and O–H groups in total. The number of piperidine rings is 1. The Morgan fingerprint density at radius 3 is 2.95 bits per heavy atom. The van der Waals surface area contributed by atoms with Crippen molar-refractivity contribution in [3.05, 3.63) is 29.8 Å². The molecule has 0 bridgehead atoms. The van der Waals surface area contributed by atoms with E-state index in [1.54, 1.807) is 6.07 Å². The van der Waals surface area contributed by atoms with E-state index in [9.17, 15) is 9.50 Å². The maximum absolute atomic E-state index is 12.8. The number of hydrogen-bond donors (Lipinski definition) is 1. The smallest absolute Gasteiger partial charge is 0.141 e. The minimum atomic E-state index is -0.627. The van der Waals surface area contributed by atoms with Gasteiger partial charge in [-0.2, -0.15) is 0 Å². The summed E-state index contributed by atoms with van der Waals surface area (Å²) in [5, 5.41) is 10.3. The number of hydrogen-bond acceptors (Lipinski definition) is 3. The fourth-order valence-corrected chi connectivity index (χ4v) is 2.81. The number of aliphatic hydroxyl groups is 1. The van der Waals surface area contributed by atoms with Crippen LogP contribution in [0.5, 0.6) is 0 Å². The summed E-state index contributed by atoms with van der Waals surface area (Å²) in [5.74, 6) is 0.471. The second kappa shape index (κ2) is 6.44. The Kier molecular flexibility index (Phi) is 4.88. The Balaban J connectivity index is 1.91. The van der Waals surface area contributed by atoms with Crippen LogP contribution >= 0.6 is 0 Å². The molecule has 3 atom stereocenters. The lowest BCUT2D eigenvalue weighted by Gasteiger charge is -2.33. The molecule has 0 spiro atoms. The van der Waals surface area contributed by atoms with Crippen LogP contribution in [0.4, 0.5) is 4.39 Å². The van der Waals surface area contributed by atoms with Gasteiger partial charge in [0.25, 0.3) is 0 Å². The average molecular weight is 266 g/mol. The van der Waals surface area contributed by atoms with E-state index in [-0.39, 0.29) is 11.7 Å². The molecule has 1 aromatic heterocycles. The van der Waals surface area contributed by atoms with Crippen LogP contribution in [-0.2, 0) is 0 Å².